The third kappa shape index (κ3) is 3.75. The van der Waals surface area contributed by atoms with Crippen LogP contribution in [0.3, 0.4) is 0 Å². The zero-order chi connectivity index (χ0) is 22.1. The van der Waals surface area contributed by atoms with E-state index in [1.807, 2.05) is 0 Å². The summed E-state index contributed by atoms with van der Waals surface area (Å²) in [6.45, 7) is 4.21. The van der Waals surface area contributed by atoms with Gasteiger partial charge in [0, 0.05) is 29.9 Å². The van der Waals surface area contributed by atoms with E-state index in [1.54, 1.807) is 24.3 Å². The van der Waals surface area contributed by atoms with Crippen molar-refractivity contribution in [2.75, 3.05) is 13.7 Å². The molecule has 0 bridgehead atoms. The zero-order valence-electron chi connectivity index (χ0n) is 16.7. The molecule has 0 saturated heterocycles. The number of benzene rings is 1. The van der Waals surface area contributed by atoms with Gasteiger partial charge in [0.1, 0.15) is 11.4 Å². The third-order valence-corrected chi connectivity index (χ3v) is 5.44. The summed E-state index contributed by atoms with van der Waals surface area (Å²) in [6, 6.07) is 5.07. The van der Waals surface area contributed by atoms with Crippen LogP contribution in [-0.2, 0) is 4.79 Å². The van der Waals surface area contributed by atoms with Crippen LogP contribution in [0.15, 0.2) is 82.7 Å². The molecule has 3 N–H and O–H groups in total. The summed E-state index contributed by atoms with van der Waals surface area (Å²) in [6.07, 6.45) is 6.01. The Hall–Kier alpha value is -3.36. The molecule has 4 rings (SSSR count). The molecule has 0 fully saturated rings. The van der Waals surface area contributed by atoms with Gasteiger partial charge in [-0.15, -0.1) is 6.58 Å². The maximum absolute atomic E-state index is 14.8. The van der Waals surface area contributed by atoms with Crippen molar-refractivity contribution in [2.45, 2.75) is 6.42 Å². The van der Waals surface area contributed by atoms with Crippen LogP contribution in [0, 0.1) is 5.92 Å². The first-order chi connectivity index (χ1) is 14.9. The second-order valence-electron chi connectivity index (χ2n) is 7.06. The van der Waals surface area contributed by atoms with Crippen LogP contribution >= 0.6 is 11.6 Å². The van der Waals surface area contributed by atoms with Crippen molar-refractivity contribution in [3.05, 3.63) is 82.7 Å². The molecular formula is C22H20ClFN4O3. The number of para-hydroxylation sites is 1. The fourth-order valence-electron chi connectivity index (χ4n) is 3.73. The van der Waals surface area contributed by atoms with E-state index in [1.165, 1.54) is 19.4 Å². The van der Waals surface area contributed by atoms with Gasteiger partial charge < -0.3 is 15.4 Å². The number of hydrogen-bond acceptors (Lipinski definition) is 6. The number of nitrogens with zero attached hydrogens (tertiary/aromatic N) is 2. The molecule has 1 amide bonds. The average molecular weight is 443 g/mol. The highest BCUT2D eigenvalue weighted by atomic mass is 35.5. The second kappa shape index (κ2) is 8.41. The minimum absolute atomic E-state index is 0.0660. The molecule has 9 heteroatoms. The molecule has 3 aliphatic heterocycles. The molecular weight excluding hydrogens is 423 g/mol. The Kier molecular flexibility index (Phi) is 5.67. The molecule has 0 saturated carbocycles. The van der Waals surface area contributed by atoms with Crippen LogP contribution in [0.2, 0.25) is 5.02 Å². The highest BCUT2D eigenvalue weighted by molar-refractivity contribution is 6.33. The number of aliphatic imine (C=N–C) groups is 1. The average Bonchev–Trinajstić information content (AvgIpc) is 3.10. The van der Waals surface area contributed by atoms with Crippen LogP contribution < -0.4 is 15.4 Å². The van der Waals surface area contributed by atoms with Crippen molar-refractivity contribution in [3.63, 3.8) is 0 Å². The van der Waals surface area contributed by atoms with E-state index < -0.39 is 5.83 Å². The summed E-state index contributed by atoms with van der Waals surface area (Å²) in [4.78, 5) is 17.5. The van der Waals surface area contributed by atoms with E-state index in [0.717, 1.165) is 6.20 Å². The van der Waals surface area contributed by atoms with Gasteiger partial charge in [0.15, 0.2) is 11.6 Å². The summed E-state index contributed by atoms with van der Waals surface area (Å²) < 4.78 is 20.1. The minimum Gasteiger partial charge on any atom is -0.493 e. The van der Waals surface area contributed by atoms with E-state index in [-0.39, 0.29) is 23.1 Å². The molecule has 0 aromatic heterocycles. The predicted octanol–water partition coefficient (Wildman–Crippen LogP) is 3.88. The number of nitrogens with one attached hydrogen (secondary N) is 2. The number of methoxy groups -OCH3 is 1. The SMILES string of the molecule is C=CCC1CNC(=O)C2=C1NC(=C1C=CN(O)C=C1F)C2=Nc1cccc(Cl)c1OC. The molecule has 1 atom stereocenters. The van der Waals surface area contributed by atoms with Gasteiger partial charge in [-0.2, -0.15) is 0 Å². The lowest BCUT2D eigenvalue weighted by Gasteiger charge is -2.23. The van der Waals surface area contributed by atoms with Crippen molar-refractivity contribution in [2.24, 2.45) is 10.9 Å². The monoisotopic (exact) mass is 442 g/mol. The number of ether oxygens (including phenoxy) is 1. The highest BCUT2D eigenvalue weighted by Gasteiger charge is 2.39. The molecule has 7 nitrogen and oxygen atoms in total. The highest BCUT2D eigenvalue weighted by Crippen LogP contribution is 2.39. The smallest absolute Gasteiger partial charge is 0.255 e. The molecule has 1 unspecified atom stereocenters. The van der Waals surface area contributed by atoms with Crippen molar-refractivity contribution in [1.29, 1.82) is 0 Å². The van der Waals surface area contributed by atoms with Crippen LogP contribution in [0.4, 0.5) is 10.1 Å². The molecule has 31 heavy (non-hydrogen) atoms. The Morgan fingerprint density at radius 3 is 3.00 bits per heavy atom. The van der Waals surface area contributed by atoms with Gasteiger partial charge in [-0.1, -0.05) is 23.7 Å². The second-order valence-corrected chi connectivity index (χ2v) is 7.47. The summed E-state index contributed by atoms with van der Waals surface area (Å²) in [5, 5.41) is 16.6. The molecule has 160 valence electrons. The molecule has 1 aromatic rings. The first-order valence-corrected chi connectivity index (χ1v) is 9.92. The largest absolute Gasteiger partial charge is 0.493 e. The Labute approximate surface area is 183 Å². The Morgan fingerprint density at radius 1 is 1.48 bits per heavy atom. The van der Waals surface area contributed by atoms with Gasteiger partial charge in [0.2, 0.25) is 0 Å². The van der Waals surface area contributed by atoms with Crippen molar-refractivity contribution in [1.82, 2.24) is 15.7 Å². The maximum atomic E-state index is 14.8. The number of halogens is 2. The number of carbonyl (C=O) groups is 1. The first-order valence-electron chi connectivity index (χ1n) is 9.54. The fourth-order valence-corrected chi connectivity index (χ4v) is 3.98. The summed E-state index contributed by atoms with van der Waals surface area (Å²) in [5.74, 6) is -0.723. The normalized spacial score (nSPS) is 24.1. The van der Waals surface area contributed by atoms with Crippen molar-refractivity contribution in [3.8, 4) is 5.75 Å². The Bertz CT molecular complexity index is 1120. The van der Waals surface area contributed by atoms with E-state index in [4.69, 9.17) is 16.3 Å². The molecule has 3 heterocycles. The van der Waals surface area contributed by atoms with E-state index in [0.29, 0.717) is 51.5 Å². The Morgan fingerprint density at radius 2 is 2.29 bits per heavy atom. The van der Waals surface area contributed by atoms with E-state index in [2.05, 4.69) is 22.2 Å². The molecule has 0 spiro atoms. The number of rotatable bonds is 4. The van der Waals surface area contributed by atoms with Crippen LogP contribution in [-0.4, -0.2) is 35.5 Å². The van der Waals surface area contributed by atoms with Crippen molar-refractivity contribution >= 4 is 28.9 Å². The van der Waals surface area contributed by atoms with Gasteiger partial charge in [0.25, 0.3) is 5.91 Å². The number of hydroxylamine groups is 2. The molecule has 3 aliphatic rings. The number of hydrogen-bond donors (Lipinski definition) is 3. The van der Waals surface area contributed by atoms with Gasteiger partial charge in [0.05, 0.1) is 29.6 Å². The Balaban J connectivity index is 1.95. The standard InChI is InChI=1S/C22H20ClFN4O3/c1-3-5-12-10-25-22(29)17-18(12)27-19(13-8-9-28(30)11-15(13)24)20(17)26-16-7-4-6-14(23)21(16)31-2/h3-4,6-9,11-12,27,30H,1,5,10H2,2H3,(H,25,29). The van der Waals surface area contributed by atoms with Gasteiger partial charge in [-0.25, -0.2) is 14.4 Å². The number of carbonyl (C=O) groups excluding carboxylic acids is 1. The first kappa shape index (κ1) is 20.9. The quantitative estimate of drug-likeness (QED) is 0.616. The van der Waals surface area contributed by atoms with E-state index >= 15 is 0 Å². The molecule has 0 aliphatic carbocycles. The van der Waals surface area contributed by atoms with Gasteiger partial charge >= 0.3 is 0 Å². The number of amides is 1. The summed E-state index contributed by atoms with van der Waals surface area (Å²) in [7, 11) is 1.47. The topological polar surface area (TPSA) is 86.2 Å². The minimum atomic E-state index is -0.682. The number of allylic oxidation sites excluding steroid dienone is 5. The lowest BCUT2D eigenvalue weighted by atomic mass is 9.93. The van der Waals surface area contributed by atoms with Crippen molar-refractivity contribution < 1.29 is 19.1 Å². The summed E-state index contributed by atoms with van der Waals surface area (Å²) >= 11 is 6.23. The van der Waals surface area contributed by atoms with Gasteiger partial charge in [-0.3, -0.25) is 10.0 Å². The van der Waals surface area contributed by atoms with Crippen LogP contribution in [0.5, 0.6) is 5.75 Å². The van der Waals surface area contributed by atoms with Crippen LogP contribution in [0.25, 0.3) is 0 Å². The lowest BCUT2D eigenvalue weighted by Crippen LogP contribution is -2.39. The van der Waals surface area contributed by atoms with Gasteiger partial charge in [-0.05, 0) is 24.6 Å². The predicted molar refractivity (Wildman–Crippen MR) is 116 cm³/mol. The zero-order valence-corrected chi connectivity index (χ0v) is 17.4. The van der Waals surface area contributed by atoms with E-state index in [9.17, 15) is 14.4 Å². The molecule has 0 radical (unpaired) electrons. The third-order valence-electron chi connectivity index (χ3n) is 5.15. The summed E-state index contributed by atoms with van der Waals surface area (Å²) in [5.41, 5.74) is 2.11. The molecule has 1 aromatic carbocycles. The van der Waals surface area contributed by atoms with Crippen LogP contribution in [0.1, 0.15) is 6.42 Å². The fraction of sp³-hybridized carbons (Fsp3) is 0.182. The maximum Gasteiger partial charge on any atom is 0.255 e. The lowest BCUT2D eigenvalue weighted by molar-refractivity contribution is -0.117.